The minimum Gasteiger partial charge on any atom is -0.494 e. The summed E-state index contributed by atoms with van der Waals surface area (Å²) in [5.41, 5.74) is 3.58. The number of hydrogen-bond acceptors (Lipinski definition) is 6. The molecule has 10 heteroatoms. The normalized spacial score (nSPS) is 12.9. The van der Waals surface area contributed by atoms with Crippen molar-refractivity contribution in [3.63, 3.8) is 0 Å². The number of esters is 1. The Balaban J connectivity index is 1.79. The molecule has 1 N–H and O–H groups in total. The van der Waals surface area contributed by atoms with E-state index in [-0.39, 0.29) is 0 Å². The third kappa shape index (κ3) is 2.69. The van der Waals surface area contributed by atoms with Crippen LogP contribution in [-0.2, 0) is 11.3 Å². The molecule has 0 saturated carbocycles. The Labute approximate surface area is 182 Å². The number of ether oxygens (including phenoxy) is 2. The van der Waals surface area contributed by atoms with Crippen LogP contribution < -0.4 is 14.5 Å². The molecular weight excluding hydrogens is 416 g/mol. The van der Waals surface area contributed by atoms with Gasteiger partial charge in [0.25, 0.3) is 0 Å². The SMILES string of the molecule is COC(=O)c1cc(OC)c2c(c1)nc(-c1cc3cccc4c3n1CCN4C(=O)O)n2OC. The van der Waals surface area contributed by atoms with E-state index in [0.29, 0.717) is 46.9 Å². The van der Waals surface area contributed by atoms with Gasteiger partial charge in [0.2, 0.25) is 0 Å². The van der Waals surface area contributed by atoms with Crippen molar-refractivity contribution in [1.29, 1.82) is 0 Å². The fourth-order valence-electron chi connectivity index (χ4n) is 4.34. The van der Waals surface area contributed by atoms with Gasteiger partial charge in [-0.25, -0.2) is 14.6 Å². The van der Waals surface area contributed by atoms with Crippen molar-refractivity contribution in [3.05, 3.63) is 42.0 Å². The molecule has 0 unspecified atom stereocenters. The predicted molar refractivity (Wildman–Crippen MR) is 116 cm³/mol. The lowest BCUT2D eigenvalue weighted by Gasteiger charge is -2.27. The quantitative estimate of drug-likeness (QED) is 0.490. The van der Waals surface area contributed by atoms with Crippen molar-refractivity contribution in [2.24, 2.45) is 0 Å². The highest BCUT2D eigenvalue weighted by Gasteiger charge is 2.28. The summed E-state index contributed by atoms with van der Waals surface area (Å²) in [7, 11) is 4.34. The molecule has 4 aromatic rings. The molecule has 1 amide bonds. The number of methoxy groups -OCH3 is 2. The monoisotopic (exact) mass is 436 g/mol. The maximum Gasteiger partial charge on any atom is 0.411 e. The summed E-state index contributed by atoms with van der Waals surface area (Å²) >= 11 is 0. The molecule has 1 aliphatic heterocycles. The Kier molecular flexibility index (Phi) is 4.43. The van der Waals surface area contributed by atoms with Crippen LogP contribution in [0.5, 0.6) is 5.75 Å². The number of carbonyl (C=O) groups excluding carboxylic acids is 1. The van der Waals surface area contributed by atoms with Crippen molar-refractivity contribution < 1.29 is 29.0 Å². The van der Waals surface area contributed by atoms with Crippen LogP contribution in [0.4, 0.5) is 10.5 Å². The smallest absolute Gasteiger partial charge is 0.411 e. The van der Waals surface area contributed by atoms with Crippen LogP contribution >= 0.6 is 0 Å². The van der Waals surface area contributed by atoms with Gasteiger partial charge in [-0.15, -0.1) is 0 Å². The number of para-hydroxylation sites is 1. The van der Waals surface area contributed by atoms with E-state index >= 15 is 0 Å². The number of nitrogens with zero attached hydrogens (tertiary/aromatic N) is 4. The van der Waals surface area contributed by atoms with Gasteiger partial charge in [0.05, 0.1) is 42.2 Å². The van der Waals surface area contributed by atoms with Crippen molar-refractivity contribution >= 4 is 39.7 Å². The third-order valence-electron chi connectivity index (χ3n) is 5.70. The molecule has 2 aromatic carbocycles. The van der Waals surface area contributed by atoms with Crippen LogP contribution in [0.3, 0.4) is 0 Å². The number of anilines is 1. The van der Waals surface area contributed by atoms with Gasteiger partial charge in [0, 0.05) is 18.5 Å². The topological polar surface area (TPSA) is 108 Å². The van der Waals surface area contributed by atoms with E-state index in [9.17, 15) is 14.7 Å². The first-order valence-electron chi connectivity index (χ1n) is 9.84. The Morgan fingerprint density at radius 2 is 1.88 bits per heavy atom. The molecule has 32 heavy (non-hydrogen) atoms. The second kappa shape index (κ2) is 7.19. The lowest BCUT2D eigenvalue weighted by Crippen LogP contribution is -2.35. The molecule has 0 fully saturated rings. The van der Waals surface area contributed by atoms with Crippen molar-refractivity contribution in [2.45, 2.75) is 6.54 Å². The molecule has 5 rings (SSSR count). The molecule has 3 heterocycles. The molecule has 0 radical (unpaired) electrons. The lowest BCUT2D eigenvalue weighted by molar-refractivity contribution is 0.0600. The van der Waals surface area contributed by atoms with Gasteiger partial charge in [0.15, 0.2) is 5.82 Å². The summed E-state index contributed by atoms with van der Waals surface area (Å²) in [6.45, 7) is 0.770. The average molecular weight is 436 g/mol. The number of imidazole rings is 1. The van der Waals surface area contributed by atoms with E-state index in [2.05, 4.69) is 0 Å². The first-order chi connectivity index (χ1) is 15.5. The van der Waals surface area contributed by atoms with E-state index in [0.717, 1.165) is 16.6 Å². The maximum atomic E-state index is 12.1. The molecular formula is C22H20N4O6. The number of benzene rings is 2. The number of fused-ring (bicyclic) bond motifs is 1. The van der Waals surface area contributed by atoms with Gasteiger partial charge in [-0.1, -0.05) is 12.1 Å². The summed E-state index contributed by atoms with van der Waals surface area (Å²) in [5.74, 6) is 0.422. The first kappa shape index (κ1) is 19.7. The summed E-state index contributed by atoms with van der Waals surface area (Å²) in [6.07, 6.45) is -0.990. The Morgan fingerprint density at radius 3 is 2.56 bits per heavy atom. The Morgan fingerprint density at radius 1 is 1.06 bits per heavy atom. The first-order valence-corrected chi connectivity index (χ1v) is 9.84. The van der Waals surface area contributed by atoms with Gasteiger partial charge in [-0.3, -0.25) is 4.90 Å². The van der Waals surface area contributed by atoms with Crippen molar-refractivity contribution in [1.82, 2.24) is 14.3 Å². The van der Waals surface area contributed by atoms with E-state index < -0.39 is 12.1 Å². The summed E-state index contributed by atoms with van der Waals surface area (Å²) in [4.78, 5) is 35.6. The average Bonchev–Trinajstić information content (AvgIpc) is 3.37. The standard InChI is InChI=1S/C22H20N4O6/c1-30-17-11-13(21(27)31-2)9-14-19(17)26(32-3)20(23-14)16-10-12-5-4-6-15-18(12)24(16)7-8-25(15)22(28)29/h4-6,9-11H,7-8H2,1-3H3,(H,28,29). The van der Waals surface area contributed by atoms with E-state index in [1.165, 1.54) is 26.2 Å². The van der Waals surface area contributed by atoms with Crippen molar-refractivity contribution in [2.75, 3.05) is 32.8 Å². The zero-order valence-corrected chi connectivity index (χ0v) is 17.7. The van der Waals surface area contributed by atoms with Crippen LogP contribution in [0.25, 0.3) is 33.5 Å². The summed E-state index contributed by atoms with van der Waals surface area (Å²) < 4.78 is 13.9. The fraction of sp³-hybridized carbons (Fsp3) is 0.227. The fourth-order valence-corrected chi connectivity index (χ4v) is 4.34. The molecule has 0 atom stereocenters. The number of aromatic nitrogens is 3. The number of carboxylic acid groups (broad SMARTS) is 1. The van der Waals surface area contributed by atoms with E-state index in [1.807, 2.05) is 22.8 Å². The van der Waals surface area contributed by atoms with Gasteiger partial charge >= 0.3 is 12.1 Å². The zero-order chi connectivity index (χ0) is 22.6. The summed E-state index contributed by atoms with van der Waals surface area (Å²) in [6, 6.07) is 10.7. The molecule has 10 nitrogen and oxygen atoms in total. The number of carbonyl (C=O) groups is 2. The predicted octanol–water partition coefficient (Wildman–Crippen LogP) is 3.01. The molecule has 2 aromatic heterocycles. The lowest BCUT2D eigenvalue weighted by atomic mass is 10.2. The van der Waals surface area contributed by atoms with Gasteiger partial charge in [-0.2, -0.15) is 4.73 Å². The molecule has 164 valence electrons. The van der Waals surface area contributed by atoms with Crippen LogP contribution in [0, 0.1) is 0 Å². The van der Waals surface area contributed by atoms with Gasteiger partial charge in [-0.05, 0) is 24.3 Å². The van der Waals surface area contributed by atoms with E-state index in [4.69, 9.17) is 19.3 Å². The van der Waals surface area contributed by atoms with Crippen LogP contribution in [0.15, 0.2) is 36.4 Å². The minimum atomic E-state index is -0.990. The minimum absolute atomic E-state index is 0.310. The number of hydrogen-bond donors (Lipinski definition) is 1. The molecule has 0 spiro atoms. The van der Waals surface area contributed by atoms with Crippen LogP contribution in [0.2, 0.25) is 0 Å². The van der Waals surface area contributed by atoms with Gasteiger partial charge < -0.3 is 24.0 Å². The Hall–Kier alpha value is -4.21. The zero-order valence-electron chi connectivity index (χ0n) is 17.7. The molecule has 0 aliphatic carbocycles. The largest absolute Gasteiger partial charge is 0.494 e. The highest BCUT2D eigenvalue weighted by atomic mass is 16.6. The second-order valence-electron chi connectivity index (χ2n) is 7.28. The summed E-state index contributed by atoms with van der Waals surface area (Å²) in [5, 5.41) is 10.5. The number of rotatable bonds is 4. The molecule has 1 aliphatic rings. The molecule has 0 saturated heterocycles. The van der Waals surface area contributed by atoms with Gasteiger partial charge in [0.1, 0.15) is 18.4 Å². The maximum absolute atomic E-state index is 12.1. The van der Waals surface area contributed by atoms with Crippen LogP contribution in [-0.4, -0.2) is 59.3 Å². The highest BCUT2D eigenvalue weighted by molar-refractivity contribution is 6.03. The number of amides is 1. The highest BCUT2D eigenvalue weighted by Crippen LogP contribution is 2.38. The third-order valence-corrected chi connectivity index (χ3v) is 5.70. The van der Waals surface area contributed by atoms with E-state index in [1.54, 1.807) is 22.9 Å². The molecule has 0 bridgehead atoms. The van der Waals surface area contributed by atoms with Crippen LogP contribution in [0.1, 0.15) is 10.4 Å². The van der Waals surface area contributed by atoms with Crippen molar-refractivity contribution in [3.8, 4) is 17.3 Å². The second-order valence-corrected chi connectivity index (χ2v) is 7.28. The Bertz CT molecular complexity index is 1400.